The molecule has 10 nitrogen and oxygen atoms in total. The molecule has 2 aromatic rings. The molecule has 3 aliphatic carbocycles. The first-order chi connectivity index (χ1) is 17.9. The first-order valence-corrected chi connectivity index (χ1v) is 12.0. The quantitative estimate of drug-likeness (QED) is 0.402. The number of amides is 1. The zero-order chi connectivity index (χ0) is 27.7. The van der Waals surface area contributed by atoms with Gasteiger partial charge in [-0.2, -0.15) is 0 Å². The normalized spacial score (nSPS) is 33.7. The van der Waals surface area contributed by atoms with Crippen LogP contribution in [-0.2, 0) is 19.2 Å². The Morgan fingerprint density at radius 3 is 2.26 bits per heavy atom. The summed E-state index contributed by atoms with van der Waals surface area (Å²) in [7, 11) is 2.89. The Bertz CT molecular complexity index is 1430. The molecule has 2 unspecified atom stereocenters. The van der Waals surface area contributed by atoms with Gasteiger partial charge in [0, 0.05) is 5.92 Å². The van der Waals surface area contributed by atoms with E-state index in [1.165, 1.54) is 31.1 Å². The molecule has 7 atom stereocenters. The molecule has 2 saturated carbocycles. The second-order valence-corrected chi connectivity index (χ2v) is 10.2. The van der Waals surface area contributed by atoms with Crippen LogP contribution in [0.3, 0.4) is 0 Å². The van der Waals surface area contributed by atoms with Crippen molar-refractivity contribution in [2.75, 3.05) is 14.1 Å². The number of carbonyl (C=O) groups excluding carboxylic acids is 5. The predicted molar refractivity (Wildman–Crippen MR) is 133 cm³/mol. The Balaban J connectivity index is 1.80. The van der Waals surface area contributed by atoms with Crippen molar-refractivity contribution in [3.05, 3.63) is 65.2 Å². The van der Waals surface area contributed by atoms with Crippen LogP contribution in [0.4, 0.5) is 0 Å². The number of fused-ring (bicyclic) bond motifs is 3. The summed E-state index contributed by atoms with van der Waals surface area (Å²) in [5.74, 6) is -13.1. The van der Waals surface area contributed by atoms with Crippen molar-refractivity contribution in [3.63, 3.8) is 0 Å². The SMILES string of the molecule is CN(C)[C@@H]1C(=O)C(C(N)=O)C(=O)[C@@]2(O)C(=O)C3C(=O)c4c(O)cccc4/C(=C\c4ccccc4)[C@H]3[C@H](O)[C@@H]12. The van der Waals surface area contributed by atoms with Gasteiger partial charge < -0.3 is 21.1 Å². The summed E-state index contributed by atoms with van der Waals surface area (Å²) in [6.45, 7) is 0. The summed E-state index contributed by atoms with van der Waals surface area (Å²) in [6.07, 6.45) is -0.0849. The molecule has 0 saturated heterocycles. The number of aromatic hydroxyl groups is 1. The lowest BCUT2D eigenvalue weighted by molar-refractivity contribution is -0.192. The molecule has 196 valence electrons. The van der Waals surface area contributed by atoms with Crippen LogP contribution in [0.2, 0.25) is 0 Å². The predicted octanol–water partition coefficient (Wildman–Crippen LogP) is -0.164. The number of likely N-dealkylation sites (N-methyl/N-ethyl adjacent to an activating group) is 1. The molecule has 3 aliphatic rings. The van der Waals surface area contributed by atoms with Crippen LogP contribution in [0.15, 0.2) is 48.5 Å². The average Bonchev–Trinajstić information content (AvgIpc) is 2.86. The van der Waals surface area contributed by atoms with Crippen LogP contribution >= 0.6 is 0 Å². The lowest BCUT2D eigenvalue weighted by Gasteiger charge is -2.55. The van der Waals surface area contributed by atoms with E-state index in [0.29, 0.717) is 11.1 Å². The topological polar surface area (TPSA) is 175 Å². The van der Waals surface area contributed by atoms with Gasteiger partial charge in [-0.1, -0.05) is 48.5 Å². The minimum atomic E-state index is -3.04. The number of hydrogen-bond acceptors (Lipinski definition) is 9. The van der Waals surface area contributed by atoms with E-state index in [1.54, 1.807) is 42.5 Å². The maximum absolute atomic E-state index is 14.1. The number of rotatable bonds is 3. The molecule has 1 amide bonds. The van der Waals surface area contributed by atoms with E-state index in [4.69, 9.17) is 5.73 Å². The van der Waals surface area contributed by atoms with Crippen molar-refractivity contribution in [1.29, 1.82) is 0 Å². The van der Waals surface area contributed by atoms with E-state index >= 15 is 0 Å². The summed E-state index contributed by atoms with van der Waals surface area (Å²) < 4.78 is 0. The molecule has 5 rings (SSSR count). The second kappa shape index (κ2) is 8.80. The van der Waals surface area contributed by atoms with Crippen LogP contribution in [-0.4, -0.2) is 81.1 Å². The molecule has 10 heteroatoms. The number of phenols is 1. The maximum atomic E-state index is 14.1. The van der Waals surface area contributed by atoms with Crippen LogP contribution in [0.25, 0.3) is 11.6 Å². The number of nitrogens with zero attached hydrogens (tertiary/aromatic N) is 1. The van der Waals surface area contributed by atoms with E-state index in [9.17, 15) is 39.3 Å². The van der Waals surface area contributed by atoms with Gasteiger partial charge in [0.15, 0.2) is 34.7 Å². The highest BCUT2D eigenvalue weighted by Crippen LogP contribution is 2.54. The molecule has 2 aromatic carbocycles. The second-order valence-electron chi connectivity index (χ2n) is 10.2. The third kappa shape index (κ3) is 3.34. The summed E-state index contributed by atoms with van der Waals surface area (Å²) in [6, 6.07) is 11.8. The highest BCUT2D eigenvalue weighted by atomic mass is 16.3. The van der Waals surface area contributed by atoms with Gasteiger partial charge in [-0.15, -0.1) is 0 Å². The highest BCUT2D eigenvalue weighted by Gasteiger charge is 2.72. The van der Waals surface area contributed by atoms with Crippen molar-refractivity contribution in [2.24, 2.45) is 29.4 Å². The Morgan fingerprint density at radius 1 is 1.00 bits per heavy atom. The Labute approximate surface area is 217 Å². The van der Waals surface area contributed by atoms with Gasteiger partial charge >= 0.3 is 0 Å². The zero-order valence-corrected chi connectivity index (χ0v) is 20.6. The van der Waals surface area contributed by atoms with E-state index < -0.39 is 76.2 Å². The molecule has 2 fully saturated rings. The number of benzene rings is 2. The first-order valence-electron chi connectivity index (χ1n) is 12.0. The number of aliphatic hydroxyl groups excluding tert-OH is 1. The van der Waals surface area contributed by atoms with Gasteiger partial charge in [0.05, 0.1) is 29.5 Å². The molecule has 5 N–H and O–H groups in total. The maximum Gasteiger partial charge on any atom is 0.235 e. The fourth-order valence-corrected chi connectivity index (χ4v) is 6.40. The van der Waals surface area contributed by atoms with Gasteiger partial charge in [0.25, 0.3) is 0 Å². The number of nitrogens with two attached hydrogens (primary N) is 1. The minimum Gasteiger partial charge on any atom is -0.507 e. The average molecular weight is 519 g/mol. The van der Waals surface area contributed by atoms with E-state index in [0.717, 1.165) is 0 Å². The van der Waals surface area contributed by atoms with E-state index in [-0.39, 0.29) is 11.1 Å². The molecule has 0 aromatic heterocycles. The molecule has 0 heterocycles. The fourth-order valence-electron chi connectivity index (χ4n) is 6.40. The van der Waals surface area contributed by atoms with Gasteiger partial charge in [-0.05, 0) is 36.9 Å². The van der Waals surface area contributed by atoms with Gasteiger partial charge in [0.2, 0.25) is 5.91 Å². The molecule has 0 radical (unpaired) electrons. The first kappa shape index (κ1) is 25.7. The Morgan fingerprint density at radius 2 is 1.66 bits per heavy atom. The molecule has 0 aliphatic heterocycles. The number of phenolic OH excluding ortho intramolecular Hbond substituents is 1. The lowest BCUT2D eigenvalue weighted by atomic mass is 9.50. The number of ketones is 4. The molecule has 0 spiro atoms. The lowest BCUT2D eigenvalue weighted by Crippen LogP contribution is -2.77. The van der Waals surface area contributed by atoms with Crippen LogP contribution in [0.5, 0.6) is 5.75 Å². The van der Waals surface area contributed by atoms with Crippen molar-refractivity contribution in [3.8, 4) is 5.75 Å². The third-order valence-electron chi connectivity index (χ3n) is 7.99. The zero-order valence-electron chi connectivity index (χ0n) is 20.6. The Hall–Kier alpha value is -3.99. The van der Waals surface area contributed by atoms with Crippen molar-refractivity contribution in [2.45, 2.75) is 17.7 Å². The van der Waals surface area contributed by atoms with Gasteiger partial charge in [0.1, 0.15) is 5.75 Å². The van der Waals surface area contributed by atoms with Crippen molar-refractivity contribution < 1.29 is 39.3 Å². The largest absolute Gasteiger partial charge is 0.507 e. The summed E-state index contributed by atoms with van der Waals surface area (Å²) in [5.41, 5.74) is 3.37. The Kier molecular flexibility index (Phi) is 5.94. The molecular formula is C28H26N2O8. The summed E-state index contributed by atoms with van der Waals surface area (Å²) in [5, 5.41) is 34.1. The van der Waals surface area contributed by atoms with Crippen molar-refractivity contribution in [1.82, 2.24) is 4.90 Å². The smallest absolute Gasteiger partial charge is 0.235 e. The van der Waals surface area contributed by atoms with E-state index in [2.05, 4.69) is 0 Å². The van der Waals surface area contributed by atoms with Crippen LogP contribution < -0.4 is 5.73 Å². The number of hydrogen-bond donors (Lipinski definition) is 4. The number of aliphatic hydroxyl groups is 2. The summed E-state index contributed by atoms with van der Waals surface area (Å²) >= 11 is 0. The van der Waals surface area contributed by atoms with Crippen LogP contribution in [0.1, 0.15) is 21.5 Å². The van der Waals surface area contributed by atoms with Gasteiger partial charge in [-0.3, -0.25) is 28.9 Å². The minimum absolute atomic E-state index is 0.187. The monoisotopic (exact) mass is 518 g/mol. The molecular weight excluding hydrogens is 492 g/mol. The fraction of sp³-hybridized carbons (Fsp3) is 0.321. The summed E-state index contributed by atoms with van der Waals surface area (Å²) in [4.78, 5) is 67.9. The standard InChI is InChI=1S/C28H26N2O8/c1-30(2)21-20-23(33)17-14(11-12-7-4-3-5-8-12)13-9-6-10-15(31)16(13)22(32)18(17)25(35)28(20,38)26(36)19(24(21)34)27(29)37/h3-11,17-21,23,31,33,38H,1-2H3,(H2,29,37)/b14-11+/t17-,18?,19?,20-,21+,23+,28+/m1/s1. The molecule has 0 bridgehead atoms. The van der Waals surface area contributed by atoms with Crippen LogP contribution in [0, 0.1) is 23.7 Å². The molecule has 38 heavy (non-hydrogen) atoms. The number of carbonyl (C=O) groups is 5. The number of Topliss-reactive ketones (excluding diaryl/α,β-unsaturated/α-hetero) is 4. The van der Waals surface area contributed by atoms with Crippen molar-refractivity contribution >= 4 is 40.7 Å². The van der Waals surface area contributed by atoms with E-state index in [1.807, 2.05) is 0 Å². The number of primary amides is 1. The van der Waals surface area contributed by atoms with Gasteiger partial charge in [-0.25, -0.2) is 0 Å². The third-order valence-corrected chi connectivity index (χ3v) is 7.99. The highest BCUT2D eigenvalue weighted by molar-refractivity contribution is 6.33.